The van der Waals surface area contributed by atoms with Gasteiger partial charge in [-0.15, -0.1) is 0 Å². The van der Waals surface area contributed by atoms with Gasteiger partial charge in [0.15, 0.2) is 23.6 Å². The second-order valence-electron chi connectivity index (χ2n) is 17.7. The van der Waals surface area contributed by atoms with Crippen LogP contribution in [0, 0.1) is 16.7 Å². The monoisotopic (exact) mass is 894 g/mol. The number of hydrogen-bond acceptors (Lipinski definition) is 15. The molecule has 3 aromatic carbocycles. The number of fused-ring (bicyclic) bond motifs is 5. The number of amides is 1. The number of hydrogen-bond donors (Lipinski definition) is 4. The molecule has 4 N–H and O–H groups in total. The van der Waals surface area contributed by atoms with Crippen molar-refractivity contribution in [3.63, 3.8) is 0 Å². The molecule has 3 aromatic rings. The molecule has 0 spiro atoms. The Labute approximate surface area is 373 Å². The predicted octanol–water partition coefficient (Wildman–Crippen LogP) is 4.68. The Bertz CT molecular complexity index is 2490. The van der Waals surface area contributed by atoms with Gasteiger partial charge in [0.05, 0.1) is 35.6 Å². The molecular weight excluding hydrogens is 845 g/mol. The Morgan fingerprint density at radius 3 is 2.15 bits per heavy atom. The van der Waals surface area contributed by atoms with Gasteiger partial charge in [0.1, 0.15) is 23.9 Å². The van der Waals surface area contributed by atoms with E-state index in [0.717, 1.165) is 13.8 Å². The molecule has 342 valence electrons. The minimum atomic E-state index is -2.48. The summed E-state index contributed by atoms with van der Waals surface area (Å²) in [5.74, 6) is -7.27. The maximum absolute atomic E-state index is 15.6. The van der Waals surface area contributed by atoms with E-state index in [1.807, 2.05) is 0 Å². The number of aliphatic hydroxyl groups excluding tert-OH is 2. The molecule has 65 heavy (non-hydrogen) atoms. The Hall–Kier alpha value is -6.43. The van der Waals surface area contributed by atoms with Gasteiger partial charge in [-0.05, 0) is 60.4 Å². The van der Waals surface area contributed by atoms with Gasteiger partial charge in [-0.25, -0.2) is 9.59 Å². The first-order valence-electron chi connectivity index (χ1n) is 21.0. The first-order chi connectivity index (χ1) is 30.7. The van der Waals surface area contributed by atoms with Gasteiger partial charge in [0.25, 0.3) is 5.91 Å². The number of esters is 4. The number of ether oxygens (including phenoxy) is 5. The first kappa shape index (κ1) is 46.6. The van der Waals surface area contributed by atoms with E-state index in [1.165, 1.54) is 52.0 Å². The minimum absolute atomic E-state index is 0.0395. The molecule has 3 aliphatic carbocycles. The van der Waals surface area contributed by atoms with E-state index in [1.54, 1.807) is 60.7 Å². The third-order valence-corrected chi connectivity index (χ3v) is 13.7. The Morgan fingerprint density at radius 2 is 1.55 bits per heavy atom. The van der Waals surface area contributed by atoms with Crippen LogP contribution in [0.4, 0.5) is 5.69 Å². The molecule has 1 saturated heterocycles. The number of ketones is 1. The number of aliphatic hydroxyl groups is 3. The normalized spacial score (nSPS) is 30.8. The molecular formula is C47H50N4O14. The molecule has 4 aliphatic rings. The van der Waals surface area contributed by atoms with Gasteiger partial charge in [0.2, 0.25) is 0 Å². The van der Waals surface area contributed by atoms with Crippen LogP contribution in [-0.4, -0.2) is 105 Å². The number of nitrogens with zero attached hydrogens (tertiary/aromatic N) is 3. The number of rotatable bonds is 11. The van der Waals surface area contributed by atoms with Crippen molar-refractivity contribution in [3.05, 3.63) is 123 Å². The van der Waals surface area contributed by atoms with E-state index < -0.39 is 113 Å². The maximum Gasteiger partial charge on any atom is 0.338 e. The minimum Gasteiger partial charge on any atom is -0.456 e. The molecule has 0 radical (unpaired) electrons. The molecule has 18 heteroatoms. The highest BCUT2D eigenvalue weighted by Crippen LogP contribution is 2.64. The van der Waals surface area contributed by atoms with Gasteiger partial charge in [0, 0.05) is 48.3 Å². The molecule has 0 unspecified atom stereocenters. The van der Waals surface area contributed by atoms with Crippen molar-refractivity contribution in [3.8, 4) is 0 Å². The van der Waals surface area contributed by atoms with Crippen LogP contribution in [0.1, 0.15) is 86.7 Å². The average Bonchev–Trinajstić information content (AvgIpc) is 3.26. The molecule has 7 rings (SSSR count). The van der Waals surface area contributed by atoms with Crippen LogP contribution in [0.15, 0.2) is 101 Å². The quantitative estimate of drug-likeness (QED) is 0.0509. The number of benzene rings is 3. The highest BCUT2D eigenvalue weighted by molar-refractivity contribution is 5.96. The molecule has 2 bridgehead atoms. The second-order valence-corrected chi connectivity index (χ2v) is 17.7. The van der Waals surface area contributed by atoms with Crippen LogP contribution in [0.5, 0.6) is 0 Å². The largest absolute Gasteiger partial charge is 0.456 e. The topological polar surface area (TPSA) is 270 Å². The van der Waals surface area contributed by atoms with Crippen molar-refractivity contribution in [2.24, 2.45) is 21.9 Å². The maximum atomic E-state index is 15.6. The summed E-state index contributed by atoms with van der Waals surface area (Å²) < 4.78 is 30.3. The summed E-state index contributed by atoms with van der Waals surface area (Å²) >= 11 is 0. The van der Waals surface area contributed by atoms with Crippen molar-refractivity contribution in [1.29, 1.82) is 0 Å². The lowest BCUT2D eigenvalue weighted by Crippen LogP contribution is -2.82. The van der Waals surface area contributed by atoms with Gasteiger partial charge in [-0.2, -0.15) is 0 Å². The number of Topliss-reactive ketones (excluding diaryl/α,β-unsaturated/α-hetero) is 1. The SMILES string of the molecule is CC(=O)O[C@H]1C(=O)[C@@]2(C)[C@H]([C@H](OC(=O)c3cccc(N=[N+]=[N-])c3)[C@]3(O)C[C@H](OC(=O)[C@H](O)[C@@H](NC(=O)c4ccccc4)c4ccccc4)C(C)=C1C3(C)C)[C@]1(OC(C)=O)CO[C@@H]1C[C@@H]2O. The standard InChI is InChI=1S/C47H50N4O14/c1-24-31(63-43(59)36(55)35(27-14-9-7-10-15-27)49-41(57)28-16-11-8-12-17-28)22-47(60)40(64-42(58)29-18-13-19-30(20-29)50-51-48)38-45(6,32(54)21-33-46(38,23-61-33)65-26(3)53)39(56)37(62-25(2)52)34(24)44(47,4)5/h7-20,31-33,35-38,40,54-55,60H,21-23H2,1-6H3,(H,49,57)/t31-,32-,33+,35-,36+,37+,38-,40-,45+,46-,47+/m0/s1. The van der Waals surface area contributed by atoms with Crippen molar-refractivity contribution in [1.82, 2.24) is 5.32 Å². The van der Waals surface area contributed by atoms with E-state index in [4.69, 9.17) is 29.2 Å². The summed E-state index contributed by atoms with van der Waals surface area (Å²) in [4.78, 5) is 86.7. The van der Waals surface area contributed by atoms with Gasteiger partial charge in [-0.1, -0.05) is 79.6 Å². The zero-order valence-electron chi connectivity index (χ0n) is 36.5. The number of carbonyl (C=O) groups is 6. The first-order valence-corrected chi connectivity index (χ1v) is 21.0. The molecule has 1 aliphatic heterocycles. The highest BCUT2D eigenvalue weighted by atomic mass is 16.6. The Morgan fingerprint density at radius 1 is 0.908 bits per heavy atom. The van der Waals surface area contributed by atoms with Gasteiger partial charge < -0.3 is 44.3 Å². The van der Waals surface area contributed by atoms with Crippen LogP contribution < -0.4 is 5.32 Å². The van der Waals surface area contributed by atoms with Gasteiger partial charge in [-0.3, -0.25) is 19.2 Å². The molecule has 0 aromatic heterocycles. The molecule has 11 atom stereocenters. The van der Waals surface area contributed by atoms with Crippen molar-refractivity contribution in [2.45, 2.75) is 108 Å². The highest BCUT2D eigenvalue weighted by Gasteiger charge is 2.78. The van der Waals surface area contributed by atoms with Crippen LogP contribution in [-0.2, 0) is 42.9 Å². The number of carbonyl (C=O) groups excluding carboxylic acids is 6. The van der Waals surface area contributed by atoms with E-state index in [0.29, 0.717) is 5.56 Å². The lowest BCUT2D eigenvalue weighted by Gasteiger charge is -2.67. The zero-order valence-corrected chi connectivity index (χ0v) is 36.5. The average molecular weight is 895 g/mol. The van der Waals surface area contributed by atoms with Crippen molar-refractivity contribution < 1.29 is 67.8 Å². The Kier molecular flexibility index (Phi) is 12.5. The molecule has 1 heterocycles. The summed E-state index contributed by atoms with van der Waals surface area (Å²) in [5, 5.41) is 43.9. The third kappa shape index (κ3) is 7.95. The lowest BCUT2D eigenvalue weighted by atomic mass is 9.44. The smallest absolute Gasteiger partial charge is 0.338 e. The summed E-state index contributed by atoms with van der Waals surface area (Å²) in [7, 11) is 0. The summed E-state index contributed by atoms with van der Waals surface area (Å²) in [6.07, 6.45) is -11.0. The fourth-order valence-electron chi connectivity index (χ4n) is 10.4. The fraction of sp³-hybridized carbons (Fsp3) is 0.447. The van der Waals surface area contributed by atoms with Crippen LogP contribution in [0.25, 0.3) is 10.4 Å². The van der Waals surface area contributed by atoms with E-state index >= 15 is 4.79 Å². The van der Waals surface area contributed by atoms with Crippen molar-refractivity contribution >= 4 is 41.3 Å². The number of azide groups is 1. The van der Waals surface area contributed by atoms with E-state index in [-0.39, 0.29) is 41.0 Å². The van der Waals surface area contributed by atoms with Crippen molar-refractivity contribution in [2.75, 3.05) is 6.61 Å². The van der Waals surface area contributed by atoms with Crippen LogP contribution in [0.2, 0.25) is 0 Å². The second kappa shape index (κ2) is 17.5. The molecule has 2 saturated carbocycles. The lowest BCUT2D eigenvalue weighted by molar-refractivity contribution is -0.346. The third-order valence-electron chi connectivity index (χ3n) is 13.7. The fourth-order valence-corrected chi connectivity index (χ4v) is 10.4. The number of nitrogens with one attached hydrogen (secondary N) is 1. The van der Waals surface area contributed by atoms with E-state index in [2.05, 4.69) is 15.3 Å². The van der Waals surface area contributed by atoms with E-state index in [9.17, 15) is 39.3 Å². The zero-order chi connectivity index (χ0) is 47.2. The Balaban J connectivity index is 1.40. The van der Waals surface area contributed by atoms with Gasteiger partial charge >= 0.3 is 23.9 Å². The molecule has 3 fully saturated rings. The summed E-state index contributed by atoms with van der Waals surface area (Å²) in [6.45, 7) is 7.71. The van der Waals surface area contributed by atoms with Crippen LogP contribution >= 0.6 is 0 Å². The predicted molar refractivity (Wildman–Crippen MR) is 226 cm³/mol. The molecule has 18 nitrogen and oxygen atoms in total. The summed E-state index contributed by atoms with van der Waals surface area (Å²) in [6, 6.07) is 20.3. The summed E-state index contributed by atoms with van der Waals surface area (Å²) in [5.41, 5.74) is 1.47. The molecule has 1 amide bonds. The van der Waals surface area contributed by atoms with Crippen LogP contribution in [0.3, 0.4) is 0 Å².